The van der Waals surface area contributed by atoms with Crippen molar-refractivity contribution in [3.8, 4) is 16.9 Å². The van der Waals surface area contributed by atoms with Gasteiger partial charge in [-0.2, -0.15) is 22.0 Å². The fourth-order valence-electron chi connectivity index (χ4n) is 7.70. The first kappa shape index (κ1) is 38.5. The lowest BCUT2D eigenvalue weighted by Crippen LogP contribution is -2.61. The molecule has 2 aliphatic heterocycles. The number of carbonyl (C=O) groups excluding carboxylic acids is 3. The summed E-state index contributed by atoms with van der Waals surface area (Å²) < 4.78 is 84.3. The van der Waals surface area contributed by atoms with Crippen LogP contribution in [0.3, 0.4) is 0 Å². The smallest absolute Gasteiger partial charge is 0.490 e. The fourth-order valence-corrected chi connectivity index (χ4v) is 7.83. The van der Waals surface area contributed by atoms with Crippen molar-refractivity contribution in [2.45, 2.75) is 100 Å². The molecular weight excluding hydrogens is 721 g/mol. The third-order valence-corrected chi connectivity index (χ3v) is 10.7. The van der Waals surface area contributed by atoms with Crippen LogP contribution in [0.4, 0.5) is 22.0 Å². The summed E-state index contributed by atoms with van der Waals surface area (Å²) in [5, 5.41) is 2.51. The minimum atomic E-state index is -5.50. The average molecular weight is 762 g/mol. The molecule has 53 heavy (non-hydrogen) atoms. The SMILES string of the molecule is NC1CC2CCC(C1)N2C(=O)[C@H](NC(=O)[C@H](OC(=O)C(F)(F)F)c1ccc(OCC2CCCCC2)cc1)C(F)(F)c1ccc(-c2ccc(Cl)cc2)cc1. The van der Waals surface area contributed by atoms with E-state index in [1.807, 2.05) is 5.32 Å². The van der Waals surface area contributed by atoms with Gasteiger partial charge in [0.25, 0.3) is 11.8 Å². The highest BCUT2D eigenvalue weighted by atomic mass is 35.5. The molecule has 3 aromatic rings. The molecule has 3 aromatic carbocycles. The van der Waals surface area contributed by atoms with Gasteiger partial charge in [0.05, 0.1) is 6.61 Å². The monoisotopic (exact) mass is 761 g/mol. The van der Waals surface area contributed by atoms with E-state index in [1.54, 1.807) is 24.3 Å². The molecule has 0 spiro atoms. The van der Waals surface area contributed by atoms with Gasteiger partial charge >= 0.3 is 18.1 Å². The van der Waals surface area contributed by atoms with Crippen molar-refractivity contribution < 1.29 is 45.8 Å². The van der Waals surface area contributed by atoms with Crippen LogP contribution in [0, 0.1) is 5.92 Å². The summed E-state index contributed by atoms with van der Waals surface area (Å²) in [4.78, 5) is 41.5. The molecule has 8 nitrogen and oxygen atoms in total. The molecule has 6 rings (SSSR count). The molecule has 1 aliphatic carbocycles. The second-order valence-corrected chi connectivity index (χ2v) is 14.6. The van der Waals surface area contributed by atoms with Gasteiger partial charge in [-0.1, -0.05) is 79.4 Å². The van der Waals surface area contributed by atoms with Gasteiger partial charge in [-0.3, -0.25) is 9.59 Å². The fraction of sp³-hybridized carbons (Fsp3) is 0.462. The molecule has 3 N–H and O–H groups in total. The van der Waals surface area contributed by atoms with E-state index in [0.29, 0.717) is 60.1 Å². The van der Waals surface area contributed by atoms with Crippen molar-refractivity contribution in [3.63, 3.8) is 0 Å². The maximum absolute atomic E-state index is 16.7. The zero-order valence-electron chi connectivity index (χ0n) is 28.8. The minimum Gasteiger partial charge on any atom is -0.493 e. The quantitative estimate of drug-likeness (QED) is 0.152. The number of hydrogen-bond acceptors (Lipinski definition) is 6. The normalized spacial score (nSPS) is 21.8. The number of hydrogen-bond donors (Lipinski definition) is 2. The van der Waals surface area contributed by atoms with Crippen LogP contribution in [-0.4, -0.2) is 59.6 Å². The van der Waals surface area contributed by atoms with Crippen molar-refractivity contribution in [1.29, 1.82) is 0 Å². The van der Waals surface area contributed by atoms with Crippen molar-refractivity contribution in [1.82, 2.24) is 10.2 Å². The molecule has 2 unspecified atom stereocenters. The van der Waals surface area contributed by atoms with Crippen molar-refractivity contribution in [2.75, 3.05) is 6.61 Å². The van der Waals surface area contributed by atoms with E-state index in [9.17, 15) is 27.6 Å². The molecular formula is C39H41ClF5N3O5. The number of fused-ring (bicyclic) bond motifs is 2. The lowest BCUT2D eigenvalue weighted by atomic mass is 9.90. The third kappa shape index (κ3) is 8.95. The number of alkyl halides is 5. The van der Waals surface area contributed by atoms with E-state index in [1.165, 1.54) is 41.3 Å². The van der Waals surface area contributed by atoms with E-state index in [-0.39, 0.29) is 11.6 Å². The Morgan fingerprint density at radius 1 is 0.811 bits per heavy atom. The van der Waals surface area contributed by atoms with Crippen molar-refractivity contribution in [3.05, 3.63) is 88.9 Å². The van der Waals surface area contributed by atoms with Crippen LogP contribution in [0.2, 0.25) is 5.02 Å². The zero-order valence-corrected chi connectivity index (χ0v) is 29.6. The molecule has 2 amide bonds. The second-order valence-electron chi connectivity index (χ2n) is 14.2. The van der Waals surface area contributed by atoms with Gasteiger partial charge in [0.1, 0.15) is 5.75 Å². The molecule has 284 valence electrons. The maximum Gasteiger partial charge on any atom is 0.490 e. The van der Waals surface area contributed by atoms with E-state index in [2.05, 4.69) is 4.74 Å². The highest BCUT2D eigenvalue weighted by Crippen LogP contribution is 2.40. The number of esters is 1. The lowest BCUT2D eigenvalue weighted by Gasteiger charge is -2.41. The first-order chi connectivity index (χ1) is 25.2. The number of amides is 2. The minimum absolute atomic E-state index is 0.240. The number of benzene rings is 3. The summed E-state index contributed by atoms with van der Waals surface area (Å²) in [6.07, 6.45) is -0.687. The Hall–Kier alpha value is -4.23. The van der Waals surface area contributed by atoms with Gasteiger partial charge in [0.2, 0.25) is 6.10 Å². The molecule has 3 fully saturated rings. The topological polar surface area (TPSA) is 111 Å². The molecule has 0 radical (unpaired) electrons. The van der Waals surface area contributed by atoms with Crippen molar-refractivity contribution >= 4 is 29.4 Å². The number of nitrogens with zero attached hydrogens (tertiary/aromatic N) is 1. The number of nitrogens with two attached hydrogens (primary N) is 1. The molecule has 3 aliphatic rings. The van der Waals surface area contributed by atoms with Gasteiger partial charge in [-0.15, -0.1) is 0 Å². The highest BCUT2D eigenvalue weighted by Gasteiger charge is 2.54. The van der Waals surface area contributed by atoms with Crippen LogP contribution in [0.15, 0.2) is 72.8 Å². The molecule has 2 bridgehead atoms. The standard InChI is InChI=1S/C39H41ClF5N3O5/c40-28-14-8-25(9-15-28)24-6-12-27(13-7-24)38(41,42)34(36(50)48-30-16-17-31(48)21-29(46)20-30)47-35(49)33(53-37(51)39(43,44)45)26-10-18-32(19-11-26)52-22-23-4-2-1-3-5-23/h6-15,18-19,23,29-31,33-34H,1-5,16-17,20-22,46H2,(H,47,49)/t29?,30?,31?,33-,34+/m1/s1. The average Bonchev–Trinajstić information content (AvgIpc) is 3.42. The summed E-state index contributed by atoms with van der Waals surface area (Å²) in [5.74, 6) is -8.70. The Kier molecular flexibility index (Phi) is 11.6. The molecule has 4 atom stereocenters. The van der Waals surface area contributed by atoms with Crippen LogP contribution in [-0.2, 0) is 25.0 Å². The summed E-state index contributed by atoms with van der Waals surface area (Å²) in [5.41, 5.74) is 6.55. The third-order valence-electron chi connectivity index (χ3n) is 10.5. The van der Waals surface area contributed by atoms with Gasteiger partial charge in [-0.05, 0) is 79.8 Å². The largest absolute Gasteiger partial charge is 0.493 e. The molecule has 0 aromatic heterocycles. The van der Waals surface area contributed by atoms with Crippen LogP contribution in [0.1, 0.15) is 75.0 Å². The predicted octanol–water partition coefficient (Wildman–Crippen LogP) is 7.87. The molecule has 14 heteroatoms. The zero-order chi connectivity index (χ0) is 37.9. The number of carbonyl (C=O) groups is 3. The Morgan fingerprint density at radius 3 is 1.94 bits per heavy atom. The first-order valence-electron chi connectivity index (χ1n) is 17.8. The molecule has 1 saturated carbocycles. The number of piperidine rings is 1. The van der Waals surface area contributed by atoms with E-state index >= 15 is 8.78 Å². The van der Waals surface area contributed by atoms with Gasteiger partial charge in [-0.25, -0.2) is 4.79 Å². The van der Waals surface area contributed by atoms with E-state index in [4.69, 9.17) is 22.1 Å². The Morgan fingerprint density at radius 2 is 1.38 bits per heavy atom. The summed E-state index contributed by atoms with van der Waals surface area (Å²) >= 11 is 5.98. The predicted molar refractivity (Wildman–Crippen MR) is 187 cm³/mol. The summed E-state index contributed by atoms with van der Waals surface area (Å²) in [6, 6.07) is 13.3. The highest BCUT2D eigenvalue weighted by molar-refractivity contribution is 6.30. The van der Waals surface area contributed by atoms with E-state index in [0.717, 1.165) is 44.2 Å². The first-order valence-corrected chi connectivity index (χ1v) is 18.2. The maximum atomic E-state index is 16.7. The summed E-state index contributed by atoms with van der Waals surface area (Å²) in [6.45, 7) is 0.426. The van der Waals surface area contributed by atoms with Crippen LogP contribution < -0.4 is 15.8 Å². The lowest BCUT2D eigenvalue weighted by molar-refractivity contribution is -0.206. The number of halogens is 6. The van der Waals surface area contributed by atoms with Gasteiger partial charge in [0.15, 0.2) is 6.04 Å². The Bertz CT molecular complexity index is 1740. The number of ether oxygens (including phenoxy) is 2. The Labute approximate surface area is 309 Å². The van der Waals surface area contributed by atoms with Crippen molar-refractivity contribution in [2.24, 2.45) is 11.7 Å². The van der Waals surface area contributed by atoms with Gasteiger partial charge < -0.3 is 25.4 Å². The van der Waals surface area contributed by atoms with Crippen LogP contribution >= 0.6 is 11.6 Å². The number of rotatable bonds is 11. The molecule has 2 saturated heterocycles. The second kappa shape index (κ2) is 16.0. The van der Waals surface area contributed by atoms with Gasteiger partial charge in [0, 0.05) is 34.3 Å². The number of nitrogens with one attached hydrogen (secondary N) is 1. The van der Waals surface area contributed by atoms with Crippen LogP contribution in [0.5, 0.6) is 5.75 Å². The van der Waals surface area contributed by atoms with E-state index < -0.39 is 59.7 Å². The molecule has 2 heterocycles. The Balaban J connectivity index is 1.29. The van der Waals surface area contributed by atoms with Crippen LogP contribution in [0.25, 0.3) is 11.1 Å². The summed E-state index contributed by atoms with van der Waals surface area (Å²) in [7, 11) is 0.